The zero-order valence-corrected chi connectivity index (χ0v) is 22.1. The Morgan fingerprint density at radius 1 is 0.949 bits per heavy atom. The molecule has 0 saturated heterocycles. The topological polar surface area (TPSA) is 57.7 Å². The molecule has 200 valence electrons. The van der Waals surface area contributed by atoms with Gasteiger partial charge in [0.2, 0.25) is 5.88 Å². The van der Waals surface area contributed by atoms with Crippen LogP contribution >= 0.6 is 0 Å². The smallest absolute Gasteiger partial charge is 0.254 e. The van der Waals surface area contributed by atoms with E-state index in [9.17, 15) is 9.18 Å². The van der Waals surface area contributed by atoms with Crippen molar-refractivity contribution < 1.29 is 13.9 Å². The molecule has 0 spiro atoms. The molecule has 0 unspecified atom stereocenters. The molecule has 0 bridgehead atoms. The van der Waals surface area contributed by atoms with Gasteiger partial charge in [0.25, 0.3) is 5.91 Å². The minimum atomic E-state index is -0.416. The summed E-state index contributed by atoms with van der Waals surface area (Å²) >= 11 is 0. The van der Waals surface area contributed by atoms with Crippen molar-refractivity contribution in [3.05, 3.63) is 114 Å². The van der Waals surface area contributed by atoms with Crippen molar-refractivity contribution >= 4 is 11.6 Å². The van der Waals surface area contributed by atoms with Crippen molar-refractivity contribution in [2.24, 2.45) is 0 Å². The SMILES string of the molecule is COc1ccc(-c2ccc3c(c2)CN(C(=O)c2cccc(F)c2)CCN(Cc2ccccc2)CCCN3)cn1. The molecule has 5 rings (SSSR count). The summed E-state index contributed by atoms with van der Waals surface area (Å²) in [5.41, 5.74) is 5.56. The number of nitrogens with zero attached hydrogens (tertiary/aromatic N) is 3. The van der Waals surface area contributed by atoms with Crippen LogP contribution in [0.3, 0.4) is 0 Å². The number of ether oxygens (including phenoxy) is 1. The maximum atomic E-state index is 14.0. The molecule has 7 heteroatoms. The molecule has 1 aliphatic heterocycles. The number of hydrogen-bond acceptors (Lipinski definition) is 5. The summed E-state index contributed by atoms with van der Waals surface area (Å²) in [7, 11) is 1.60. The number of benzene rings is 3. The molecule has 2 heterocycles. The highest BCUT2D eigenvalue weighted by Gasteiger charge is 2.21. The molecule has 1 aliphatic rings. The minimum Gasteiger partial charge on any atom is -0.481 e. The Bertz CT molecular complexity index is 1400. The number of carbonyl (C=O) groups excluding carboxylic acids is 1. The molecule has 6 nitrogen and oxygen atoms in total. The van der Waals surface area contributed by atoms with Crippen molar-refractivity contribution in [2.45, 2.75) is 19.5 Å². The van der Waals surface area contributed by atoms with Crippen molar-refractivity contribution in [2.75, 3.05) is 38.6 Å². The molecule has 4 aromatic rings. The Morgan fingerprint density at radius 3 is 2.56 bits per heavy atom. The van der Waals surface area contributed by atoms with Crippen LogP contribution in [0.2, 0.25) is 0 Å². The lowest BCUT2D eigenvalue weighted by Gasteiger charge is -2.28. The lowest BCUT2D eigenvalue weighted by molar-refractivity contribution is 0.0719. The molecule has 0 radical (unpaired) electrons. The number of aromatic nitrogens is 1. The molecule has 0 aliphatic carbocycles. The van der Waals surface area contributed by atoms with Gasteiger partial charge in [0, 0.05) is 68.3 Å². The largest absolute Gasteiger partial charge is 0.481 e. The summed E-state index contributed by atoms with van der Waals surface area (Å²) in [6.45, 7) is 4.16. The van der Waals surface area contributed by atoms with E-state index in [1.165, 1.54) is 17.7 Å². The second-order valence-electron chi connectivity index (χ2n) is 9.74. The maximum absolute atomic E-state index is 14.0. The van der Waals surface area contributed by atoms with Gasteiger partial charge >= 0.3 is 0 Å². The molecule has 0 atom stereocenters. The molecule has 3 aromatic carbocycles. The number of pyridine rings is 1. The Labute approximate surface area is 229 Å². The summed E-state index contributed by atoms with van der Waals surface area (Å²) in [6, 6.07) is 26.4. The number of amides is 1. The fourth-order valence-electron chi connectivity index (χ4n) is 4.91. The third-order valence-electron chi connectivity index (χ3n) is 7.01. The molecule has 39 heavy (non-hydrogen) atoms. The van der Waals surface area contributed by atoms with Crippen LogP contribution in [-0.2, 0) is 13.1 Å². The van der Waals surface area contributed by atoms with E-state index in [4.69, 9.17) is 4.74 Å². The number of hydrogen-bond donors (Lipinski definition) is 1. The van der Waals surface area contributed by atoms with E-state index in [0.717, 1.165) is 48.4 Å². The third-order valence-corrected chi connectivity index (χ3v) is 7.01. The predicted molar refractivity (Wildman–Crippen MR) is 152 cm³/mol. The minimum absolute atomic E-state index is 0.184. The zero-order chi connectivity index (χ0) is 27.0. The van der Waals surface area contributed by atoms with E-state index in [2.05, 4.69) is 57.7 Å². The van der Waals surface area contributed by atoms with E-state index >= 15 is 0 Å². The maximum Gasteiger partial charge on any atom is 0.254 e. The number of nitrogens with one attached hydrogen (secondary N) is 1. The van der Waals surface area contributed by atoms with Gasteiger partial charge in [-0.2, -0.15) is 0 Å². The van der Waals surface area contributed by atoms with Gasteiger partial charge in [-0.25, -0.2) is 9.37 Å². The van der Waals surface area contributed by atoms with Gasteiger partial charge in [0.15, 0.2) is 0 Å². The highest BCUT2D eigenvalue weighted by molar-refractivity contribution is 5.94. The number of fused-ring (bicyclic) bond motifs is 1. The first-order valence-corrected chi connectivity index (χ1v) is 13.3. The van der Waals surface area contributed by atoms with E-state index in [1.54, 1.807) is 25.4 Å². The van der Waals surface area contributed by atoms with Crippen LogP contribution in [0.5, 0.6) is 5.88 Å². The summed E-state index contributed by atoms with van der Waals surface area (Å²) in [4.78, 5) is 22.3. The van der Waals surface area contributed by atoms with Crippen LogP contribution in [0.25, 0.3) is 11.1 Å². The second kappa shape index (κ2) is 12.5. The molecule has 0 saturated carbocycles. The number of methoxy groups -OCH3 is 1. The van der Waals surface area contributed by atoms with Crippen LogP contribution in [-0.4, -0.2) is 54.0 Å². The first-order valence-electron chi connectivity index (χ1n) is 13.3. The number of halogens is 1. The molecule has 1 aromatic heterocycles. The Morgan fingerprint density at radius 2 is 1.79 bits per heavy atom. The number of carbonyl (C=O) groups is 1. The Hall–Kier alpha value is -4.23. The van der Waals surface area contributed by atoms with Gasteiger partial charge in [0.1, 0.15) is 5.82 Å². The Balaban J connectivity index is 1.45. The van der Waals surface area contributed by atoms with Crippen LogP contribution in [0, 0.1) is 5.82 Å². The fraction of sp³-hybridized carbons (Fsp3) is 0.250. The van der Waals surface area contributed by atoms with Crippen molar-refractivity contribution in [1.82, 2.24) is 14.8 Å². The fourth-order valence-corrected chi connectivity index (χ4v) is 4.91. The molecule has 1 amide bonds. The average molecular weight is 525 g/mol. The summed E-state index contributed by atoms with van der Waals surface area (Å²) in [6.07, 6.45) is 2.75. The normalized spacial score (nSPS) is 14.6. The van der Waals surface area contributed by atoms with Gasteiger partial charge in [-0.3, -0.25) is 9.69 Å². The Kier molecular flexibility index (Phi) is 8.48. The highest BCUT2D eigenvalue weighted by Crippen LogP contribution is 2.28. The van der Waals surface area contributed by atoms with Gasteiger partial charge in [0.05, 0.1) is 7.11 Å². The van der Waals surface area contributed by atoms with Crippen LogP contribution in [0.4, 0.5) is 10.1 Å². The van der Waals surface area contributed by atoms with Gasteiger partial charge in [-0.15, -0.1) is 0 Å². The van der Waals surface area contributed by atoms with Gasteiger partial charge < -0.3 is 15.0 Å². The van der Waals surface area contributed by atoms with E-state index in [0.29, 0.717) is 31.1 Å². The third kappa shape index (κ3) is 6.81. The molecular weight excluding hydrogens is 491 g/mol. The van der Waals surface area contributed by atoms with Gasteiger partial charge in [-0.05, 0) is 59.5 Å². The van der Waals surface area contributed by atoms with Gasteiger partial charge in [-0.1, -0.05) is 42.5 Å². The monoisotopic (exact) mass is 524 g/mol. The van der Waals surface area contributed by atoms with Crippen LogP contribution < -0.4 is 10.1 Å². The summed E-state index contributed by atoms with van der Waals surface area (Å²) in [5.74, 6) is -0.0424. The summed E-state index contributed by atoms with van der Waals surface area (Å²) < 4.78 is 19.3. The quantitative estimate of drug-likeness (QED) is 0.355. The lowest BCUT2D eigenvalue weighted by Crippen LogP contribution is -2.38. The molecule has 0 fully saturated rings. The number of anilines is 1. The van der Waals surface area contributed by atoms with E-state index in [-0.39, 0.29) is 5.91 Å². The number of rotatable bonds is 5. The van der Waals surface area contributed by atoms with Crippen LogP contribution in [0.1, 0.15) is 27.9 Å². The van der Waals surface area contributed by atoms with Crippen LogP contribution in [0.15, 0.2) is 91.1 Å². The summed E-state index contributed by atoms with van der Waals surface area (Å²) in [5, 5.41) is 3.59. The van der Waals surface area contributed by atoms with Crippen molar-refractivity contribution in [3.63, 3.8) is 0 Å². The van der Waals surface area contributed by atoms with Crippen molar-refractivity contribution in [3.8, 4) is 17.0 Å². The zero-order valence-electron chi connectivity index (χ0n) is 22.1. The second-order valence-corrected chi connectivity index (χ2v) is 9.74. The van der Waals surface area contributed by atoms with E-state index < -0.39 is 5.82 Å². The standard InChI is InChI=1S/C32H33FN4O2/c1-39-31-14-12-27(21-35-31)25-11-13-30-28(19-25)23-37(32(38)26-9-5-10-29(33)20-26)18-17-36(16-6-15-34-30)22-24-7-3-2-4-8-24/h2-5,7-14,19-21,34H,6,15-18,22-23H2,1H3. The van der Waals surface area contributed by atoms with E-state index in [1.807, 2.05) is 23.1 Å². The van der Waals surface area contributed by atoms with Crippen molar-refractivity contribution in [1.29, 1.82) is 0 Å². The first kappa shape index (κ1) is 26.4. The lowest BCUT2D eigenvalue weighted by atomic mass is 10.0. The predicted octanol–water partition coefficient (Wildman–Crippen LogP) is 5.86. The average Bonchev–Trinajstić information content (AvgIpc) is 3.01. The highest BCUT2D eigenvalue weighted by atomic mass is 19.1. The first-order chi connectivity index (χ1) is 19.1. The molecule has 1 N–H and O–H groups in total. The molecular formula is C32H33FN4O2.